The summed E-state index contributed by atoms with van der Waals surface area (Å²) in [6, 6.07) is 6.16. The fraction of sp³-hybridized carbons (Fsp3) is 0.567. The first-order valence-electron chi connectivity index (χ1n) is 14.1. The van der Waals surface area contributed by atoms with E-state index in [1.54, 1.807) is 11.3 Å². The smallest absolute Gasteiger partial charge is 0.303 e. The van der Waals surface area contributed by atoms with Crippen LogP contribution in [0.1, 0.15) is 77.0 Å². The summed E-state index contributed by atoms with van der Waals surface area (Å²) < 4.78 is 0. The van der Waals surface area contributed by atoms with Gasteiger partial charge in [0.15, 0.2) is 0 Å². The average molecular weight is 587 g/mol. The molecule has 0 saturated carbocycles. The third-order valence-electron chi connectivity index (χ3n) is 7.26. The van der Waals surface area contributed by atoms with Gasteiger partial charge in [-0.05, 0) is 36.3 Å². The van der Waals surface area contributed by atoms with E-state index in [1.807, 2.05) is 57.5 Å². The first kappa shape index (κ1) is 32.2. The minimum atomic E-state index is -0.870. The molecule has 41 heavy (non-hydrogen) atoms. The lowest BCUT2D eigenvalue weighted by Gasteiger charge is -2.35. The van der Waals surface area contributed by atoms with Gasteiger partial charge in [-0.25, -0.2) is 4.98 Å². The Morgan fingerprint density at radius 2 is 1.73 bits per heavy atom. The van der Waals surface area contributed by atoms with E-state index in [-0.39, 0.29) is 44.2 Å². The topological polar surface area (TPSA) is 149 Å². The van der Waals surface area contributed by atoms with Gasteiger partial charge in [0.1, 0.15) is 12.1 Å². The fourth-order valence-electron chi connectivity index (χ4n) is 4.93. The van der Waals surface area contributed by atoms with Crippen LogP contribution in [0, 0.1) is 12.3 Å². The van der Waals surface area contributed by atoms with Gasteiger partial charge in [-0.1, -0.05) is 57.9 Å². The molecule has 0 spiro atoms. The predicted octanol–water partition coefficient (Wildman–Crippen LogP) is 3.65. The molecule has 11 heteroatoms. The molecule has 1 aromatic carbocycles. The maximum atomic E-state index is 13.7. The maximum Gasteiger partial charge on any atom is 0.303 e. The van der Waals surface area contributed by atoms with Crippen LogP contribution in [0.4, 0.5) is 0 Å². The molecule has 1 aliphatic heterocycles. The van der Waals surface area contributed by atoms with Crippen LogP contribution < -0.4 is 10.6 Å². The quantitative estimate of drug-likeness (QED) is 0.262. The Morgan fingerprint density at radius 1 is 1.07 bits per heavy atom. The number of hydrogen-bond acceptors (Lipinski definition) is 7. The number of carbonyl (C=O) groups excluding carboxylic acids is 3. The highest BCUT2D eigenvalue weighted by molar-refractivity contribution is 7.13. The molecule has 1 aromatic heterocycles. The largest absolute Gasteiger partial charge is 0.481 e. The third kappa shape index (κ3) is 9.36. The molecule has 0 radical (unpaired) electrons. The molecular formula is C30H42N4O6S. The number of likely N-dealkylation sites (tertiary alicyclic amines) is 1. The van der Waals surface area contributed by atoms with Gasteiger partial charge < -0.3 is 25.7 Å². The van der Waals surface area contributed by atoms with Crippen LogP contribution in [0.3, 0.4) is 0 Å². The number of benzene rings is 1. The summed E-state index contributed by atoms with van der Waals surface area (Å²) in [5.41, 5.74) is 4.12. The Morgan fingerprint density at radius 3 is 2.32 bits per heavy atom. The van der Waals surface area contributed by atoms with Crippen LogP contribution >= 0.6 is 11.3 Å². The van der Waals surface area contributed by atoms with Crippen molar-refractivity contribution in [2.24, 2.45) is 5.41 Å². The van der Waals surface area contributed by atoms with Crippen LogP contribution in [0.2, 0.25) is 0 Å². The van der Waals surface area contributed by atoms with E-state index >= 15 is 0 Å². The highest BCUT2D eigenvalue weighted by atomic mass is 32.1. The number of β-amino-alcohol motifs (C(OH)–C–C–N with tert-alkyl or cyclic N) is 1. The molecule has 1 fully saturated rings. The Labute approximate surface area is 245 Å². The lowest BCUT2D eigenvalue weighted by Crippen LogP contribution is -2.57. The van der Waals surface area contributed by atoms with Gasteiger partial charge >= 0.3 is 5.97 Å². The number of aliphatic hydroxyl groups is 1. The summed E-state index contributed by atoms with van der Waals surface area (Å²) in [4.78, 5) is 57.0. The molecule has 2 heterocycles. The lowest BCUT2D eigenvalue weighted by atomic mass is 9.85. The SMILES string of the molecule is Cc1ncsc1-c1ccc(CNC(=O)C2C[C@@H](O)CN2C(=O)[C@@H](NC(=O)CCCCCCC(=O)O)C(C)(C)C)cc1. The molecule has 1 unspecified atom stereocenters. The van der Waals surface area contributed by atoms with Gasteiger partial charge in [0.2, 0.25) is 17.7 Å². The number of aliphatic hydroxyl groups excluding tert-OH is 1. The Hall–Kier alpha value is -3.31. The summed E-state index contributed by atoms with van der Waals surface area (Å²) in [7, 11) is 0. The zero-order valence-corrected chi connectivity index (χ0v) is 25.1. The number of carboxylic acid groups (broad SMARTS) is 1. The highest BCUT2D eigenvalue weighted by Gasteiger charge is 2.44. The van der Waals surface area contributed by atoms with Crippen LogP contribution in [0.5, 0.6) is 0 Å². The van der Waals surface area contributed by atoms with Gasteiger partial charge in [-0.3, -0.25) is 19.2 Å². The number of aromatic nitrogens is 1. The van der Waals surface area contributed by atoms with Gasteiger partial charge in [-0.15, -0.1) is 11.3 Å². The molecule has 0 bridgehead atoms. The van der Waals surface area contributed by atoms with Crippen molar-refractivity contribution < 1.29 is 29.4 Å². The number of aliphatic carboxylic acids is 1. The number of amides is 3. The summed E-state index contributed by atoms with van der Waals surface area (Å²) in [5.74, 6) is -1.84. The molecular weight excluding hydrogens is 544 g/mol. The molecule has 1 aliphatic rings. The molecule has 3 amide bonds. The minimum absolute atomic E-state index is 0.0197. The summed E-state index contributed by atoms with van der Waals surface area (Å²) in [6.07, 6.45) is 2.24. The normalized spacial score (nSPS) is 17.7. The fourth-order valence-corrected chi connectivity index (χ4v) is 5.74. The number of carbonyl (C=O) groups is 4. The second kappa shape index (κ2) is 14.5. The summed E-state index contributed by atoms with van der Waals surface area (Å²) in [5, 5.41) is 24.9. The van der Waals surface area contributed by atoms with E-state index in [0.717, 1.165) is 34.5 Å². The van der Waals surface area contributed by atoms with Crippen molar-refractivity contribution in [1.82, 2.24) is 20.5 Å². The van der Waals surface area contributed by atoms with Crippen LogP contribution in [0.15, 0.2) is 29.8 Å². The number of unbranched alkanes of at least 4 members (excludes halogenated alkanes) is 3. The molecule has 3 atom stereocenters. The van der Waals surface area contributed by atoms with E-state index in [2.05, 4.69) is 15.6 Å². The van der Waals surface area contributed by atoms with E-state index in [1.165, 1.54) is 4.90 Å². The second-order valence-corrected chi connectivity index (χ2v) is 12.6. The van der Waals surface area contributed by atoms with Crippen molar-refractivity contribution in [3.05, 3.63) is 41.0 Å². The number of hydrogen-bond donors (Lipinski definition) is 4. The van der Waals surface area contributed by atoms with Gasteiger partial charge in [-0.2, -0.15) is 0 Å². The molecule has 1 saturated heterocycles. The maximum absolute atomic E-state index is 13.7. The van der Waals surface area contributed by atoms with Gasteiger partial charge in [0.25, 0.3) is 0 Å². The number of rotatable bonds is 13. The van der Waals surface area contributed by atoms with E-state index in [9.17, 15) is 24.3 Å². The van der Waals surface area contributed by atoms with Gasteiger partial charge in [0.05, 0.1) is 22.2 Å². The minimum Gasteiger partial charge on any atom is -0.481 e. The van der Waals surface area contributed by atoms with Crippen LogP contribution in [-0.2, 0) is 25.7 Å². The van der Waals surface area contributed by atoms with Crippen LogP contribution in [-0.4, -0.2) is 68.5 Å². The predicted molar refractivity (Wildman–Crippen MR) is 157 cm³/mol. The number of aryl methyl sites for hydroxylation is 1. The second-order valence-electron chi connectivity index (χ2n) is 11.8. The molecule has 3 rings (SSSR count). The molecule has 0 aliphatic carbocycles. The van der Waals surface area contributed by atoms with E-state index in [0.29, 0.717) is 12.8 Å². The van der Waals surface area contributed by atoms with E-state index < -0.39 is 35.5 Å². The number of nitrogens with zero attached hydrogens (tertiary/aromatic N) is 2. The first-order chi connectivity index (χ1) is 19.4. The van der Waals surface area contributed by atoms with Crippen molar-refractivity contribution in [1.29, 1.82) is 0 Å². The zero-order valence-electron chi connectivity index (χ0n) is 24.3. The van der Waals surface area contributed by atoms with Crippen molar-refractivity contribution in [3.63, 3.8) is 0 Å². The number of nitrogens with one attached hydrogen (secondary N) is 2. The lowest BCUT2D eigenvalue weighted by molar-refractivity contribution is -0.144. The Kier molecular flexibility index (Phi) is 11.4. The standard InChI is InChI=1S/C30H42N4O6S/c1-19-26(41-18-32-19)21-13-11-20(12-14-21)16-31-28(39)23-15-22(35)17-34(23)29(40)27(30(2,3)4)33-24(36)9-7-5-6-8-10-25(37)38/h11-14,18,22-23,27,35H,5-10,15-17H2,1-4H3,(H,31,39)(H,33,36)(H,37,38)/t22-,23?,27-/m1/s1. The zero-order chi connectivity index (χ0) is 30.2. The average Bonchev–Trinajstić information content (AvgIpc) is 3.52. The van der Waals surface area contributed by atoms with Crippen molar-refractivity contribution in [2.45, 2.75) is 97.4 Å². The summed E-state index contributed by atoms with van der Waals surface area (Å²) >= 11 is 1.58. The monoisotopic (exact) mass is 586 g/mol. The van der Waals surface area contributed by atoms with Crippen molar-refractivity contribution >= 4 is 35.0 Å². The van der Waals surface area contributed by atoms with Crippen molar-refractivity contribution in [3.8, 4) is 10.4 Å². The van der Waals surface area contributed by atoms with E-state index in [4.69, 9.17) is 5.11 Å². The Balaban J connectivity index is 1.58. The highest BCUT2D eigenvalue weighted by Crippen LogP contribution is 2.28. The molecule has 2 aromatic rings. The first-order valence-corrected chi connectivity index (χ1v) is 15.0. The summed E-state index contributed by atoms with van der Waals surface area (Å²) in [6.45, 7) is 7.81. The van der Waals surface area contributed by atoms with Gasteiger partial charge in [0, 0.05) is 32.4 Å². The Bertz CT molecular complexity index is 1210. The molecule has 10 nitrogen and oxygen atoms in total. The number of thiazole rings is 1. The van der Waals surface area contributed by atoms with Crippen molar-refractivity contribution in [2.75, 3.05) is 6.54 Å². The molecule has 224 valence electrons. The van der Waals surface area contributed by atoms with Crippen LogP contribution in [0.25, 0.3) is 10.4 Å². The number of carboxylic acids is 1. The third-order valence-corrected chi connectivity index (χ3v) is 8.23. The molecule has 4 N–H and O–H groups in total.